The zero-order valence-corrected chi connectivity index (χ0v) is 8.94. The van der Waals surface area contributed by atoms with Gasteiger partial charge in [0.15, 0.2) is 0 Å². The van der Waals surface area contributed by atoms with Gasteiger partial charge in [0, 0.05) is 12.6 Å². The summed E-state index contributed by atoms with van der Waals surface area (Å²) in [6, 6.07) is 0.390. The number of rotatable bonds is 3. The monoisotopic (exact) mass is 188 g/mol. The number of nitrogens with two attached hydrogens (primary N) is 1. The molecule has 1 unspecified atom stereocenters. The molecule has 1 saturated heterocycles. The first kappa shape index (κ1) is 10.4. The third-order valence-corrected chi connectivity index (χ3v) is 3.50. The van der Waals surface area contributed by atoms with Crippen LogP contribution >= 0.6 is 11.8 Å². The second-order valence-corrected chi connectivity index (χ2v) is 5.10. The van der Waals surface area contributed by atoms with E-state index in [0.29, 0.717) is 6.04 Å². The fourth-order valence-electron chi connectivity index (χ4n) is 1.71. The van der Waals surface area contributed by atoms with Gasteiger partial charge in [-0.1, -0.05) is 0 Å². The van der Waals surface area contributed by atoms with Crippen molar-refractivity contribution in [2.24, 2.45) is 11.7 Å². The summed E-state index contributed by atoms with van der Waals surface area (Å²) < 4.78 is 0. The highest BCUT2D eigenvalue weighted by atomic mass is 32.2. The molecule has 0 saturated carbocycles. The Morgan fingerprint density at radius 1 is 1.42 bits per heavy atom. The van der Waals surface area contributed by atoms with Crippen molar-refractivity contribution in [1.29, 1.82) is 0 Å². The van der Waals surface area contributed by atoms with Crippen molar-refractivity contribution in [3.8, 4) is 0 Å². The van der Waals surface area contributed by atoms with E-state index in [-0.39, 0.29) is 0 Å². The lowest BCUT2D eigenvalue weighted by Gasteiger charge is -2.29. The van der Waals surface area contributed by atoms with E-state index < -0.39 is 0 Å². The summed E-state index contributed by atoms with van der Waals surface area (Å²) in [6.07, 6.45) is 2.64. The van der Waals surface area contributed by atoms with Crippen molar-refractivity contribution in [3.63, 3.8) is 0 Å². The average molecular weight is 188 g/mol. The third kappa shape index (κ3) is 3.33. The quantitative estimate of drug-likeness (QED) is 0.717. The van der Waals surface area contributed by atoms with Gasteiger partial charge in [0.05, 0.1) is 0 Å². The number of likely N-dealkylation sites (N-methyl/N-ethyl adjacent to an activating group) is 1. The summed E-state index contributed by atoms with van der Waals surface area (Å²) >= 11 is 2.07. The van der Waals surface area contributed by atoms with Crippen LogP contribution in [0.25, 0.3) is 0 Å². The van der Waals surface area contributed by atoms with Crippen molar-refractivity contribution in [1.82, 2.24) is 4.90 Å². The SMILES string of the molecule is CN(C)CC(N)C1CCSCC1. The third-order valence-electron chi connectivity index (χ3n) is 2.45. The molecule has 1 atom stereocenters. The Hall–Kier alpha value is 0.270. The van der Waals surface area contributed by atoms with Gasteiger partial charge in [-0.15, -0.1) is 0 Å². The molecule has 1 aliphatic rings. The molecule has 0 bridgehead atoms. The molecule has 2 N–H and O–H groups in total. The van der Waals surface area contributed by atoms with E-state index in [9.17, 15) is 0 Å². The van der Waals surface area contributed by atoms with Crippen molar-refractivity contribution in [2.75, 3.05) is 32.1 Å². The second-order valence-electron chi connectivity index (χ2n) is 3.88. The molecule has 1 fully saturated rings. The maximum Gasteiger partial charge on any atom is 0.0196 e. The predicted octanol–water partition coefficient (Wildman–Crippen LogP) is 1.02. The van der Waals surface area contributed by atoms with E-state index in [1.165, 1.54) is 24.3 Å². The van der Waals surface area contributed by atoms with E-state index in [0.717, 1.165) is 12.5 Å². The number of hydrogen-bond acceptors (Lipinski definition) is 3. The number of hydrogen-bond donors (Lipinski definition) is 1. The van der Waals surface area contributed by atoms with Gasteiger partial charge in [-0.2, -0.15) is 11.8 Å². The van der Waals surface area contributed by atoms with Crippen molar-refractivity contribution >= 4 is 11.8 Å². The smallest absolute Gasteiger partial charge is 0.0196 e. The topological polar surface area (TPSA) is 29.3 Å². The van der Waals surface area contributed by atoms with Gasteiger partial charge in [-0.25, -0.2) is 0 Å². The Morgan fingerprint density at radius 2 is 2.00 bits per heavy atom. The summed E-state index contributed by atoms with van der Waals surface area (Å²) in [7, 11) is 4.19. The van der Waals surface area contributed by atoms with Gasteiger partial charge < -0.3 is 10.6 Å². The normalized spacial score (nSPS) is 23.0. The van der Waals surface area contributed by atoms with Crippen LogP contribution in [0.2, 0.25) is 0 Å². The fraction of sp³-hybridized carbons (Fsp3) is 1.00. The first-order valence-electron chi connectivity index (χ1n) is 4.68. The van der Waals surface area contributed by atoms with E-state index in [4.69, 9.17) is 5.73 Å². The Kier molecular flexibility index (Phi) is 4.40. The van der Waals surface area contributed by atoms with Gasteiger partial charge in [0.1, 0.15) is 0 Å². The molecular formula is C9H20N2S. The van der Waals surface area contributed by atoms with E-state index in [1.54, 1.807) is 0 Å². The highest BCUT2D eigenvalue weighted by Gasteiger charge is 2.20. The largest absolute Gasteiger partial charge is 0.326 e. The maximum absolute atomic E-state index is 6.10. The Bertz CT molecular complexity index is 122. The standard InChI is InChI=1S/C9H20N2S/c1-11(2)7-9(10)8-3-5-12-6-4-8/h8-9H,3-7,10H2,1-2H3. The van der Waals surface area contributed by atoms with Crippen molar-refractivity contribution in [2.45, 2.75) is 18.9 Å². The minimum Gasteiger partial charge on any atom is -0.326 e. The summed E-state index contributed by atoms with van der Waals surface area (Å²) in [5.41, 5.74) is 6.10. The molecule has 72 valence electrons. The van der Waals surface area contributed by atoms with Crippen LogP contribution in [-0.2, 0) is 0 Å². The molecule has 2 nitrogen and oxygen atoms in total. The zero-order chi connectivity index (χ0) is 8.97. The summed E-state index contributed by atoms with van der Waals surface area (Å²) in [6.45, 7) is 1.04. The minimum absolute atomic E-state index is 0.390. The summed E-state index contributed by atoms with van der Waals surface area (Å²) in [5.74, 6) is 3.39. The Balaban J connectivity index is 2.24. The van der Waals surface area contributed by atoms with Crippen LogP contribution in [0.5, 0.6) is 0 Å². The lowest BCUT2D eigenvalue weighted by Crippen LogP contribution is -2.40. The van der Waals surface area contributed by atoms with Crippen LogP contribution in [0.15, 0.2) is 0 Å². The minimum atomic E-state index is 0.390. The molecule has 0 radical (unpaired) electrons. The molecule has 0 spiro atoms. The molecule has 0 amide bonds. The van der Waals surface area contributed by atoms with Gasteiger partial charge >= 0.3 is 0 Å². The average Bonchev–Trinajstić information content (AvgIpc) is 2.05. The molecule has 0 aromatic carbocycles. The first-order valence-corrected chi connectivity index (χ1v) is 5.83. The Morgan fingerprint density at radius 3 is 2.50 bits per heavy atom. The van der Waals surface area contributed by atoms with E-state index in [1.807, 2.05) is 0 Å². The van der Waals surface area contributed by atoms with Crippen LogP contribution in [0.4, 0.5) is 0 Å². The predicted molar refractivity (Wildman–Crippen MR) is 56.6 cm³/mol. The van der Waals surface area contributed by atoms with Crippen LogP contribution < -0.4 is 5.73 Å². The van der Waals surface area contributed by atoms with Crippen LogP contribution in [0, 0.1) is 5.92 Å². The number of nitrogens with zero attached hydrogens (tertiary/aromatic N) is 1. The molecule has 12 heavy (non-hydrogen) atoms. The fourth-order valence-corrected chi connectivity index (χ4v) is 2.86. The van der Waals surface area contributed by atoms with Crippen LogP contribution in [-0.4, -0.2) is 43.1 Å². The highest BCUT2D eigenvalue weighted by Crippen LogP contribution is 2.24. The molecule has 0 aromatic heterocycles. The van der Waals surface area contributed by atoms with Crippen molar-refractivity contribution < 1.29 is 0 Å². The van der Waals surface area contributed by atoms with E-state index in [2.05, 4.69) is 30.8 Å². The maximum atomic E-state index is 6.10. The molecule has 1 rings (SSSR count). The van der Waals surface area contributed by atoms with E-state index >= 15 is 0 Å². The molecular weight excluding hydrogens is 168 g/mol. The van der Waals surface area contributed by atoms with Gasteiger partial charge in [-0.05, 0) is 44.4 Å². The van der Waals surface area contributed by atoms with Crippen LogP contribution in [0.1, 0.15) is 12.8 Å². The summed E-state index contributed by atoms with van der Waals surface area (Å²) in [4.78, 5) is 2.19. The molecule has 1 heterocycles. The molecule has 1 aliphatic heterocycles. The number of thioether (sulfide) groups is 1. The lowest BCUT2D eigenvalue weighted by molar-refractivity contribution is 0.297. The summed E-state index contributed by atoms with van der Waals surface area (Å²) in [5, 5.41) is 0. The Labute approximate surface area is 79.9 Å². The zero-order valence-electron chi connectivity index (χ0n) is 8.12. The first-order chi connectivity index (χ1) is 5.70. The molecule has 3 heteroatoms. The van der Waals surface area contributed by atoms with Crippen LogP contribution in [0.3, 0.4) is 0 Å². The van der Waals surface area contributed by atoms with Gasteiger partial charge in [-0.3, -0.25) is 0 Å². The van der Waals surface area contributed by atoms with Gasteiger partial charge in [0.2, 0.25) is 0 Å². The lowest BCUT2D eigenvalue weighted by atomic mass is 9.94. The van der Waals surface area contributed by atoms with Gasteiger partial charge in [0.25, 0.3) is 0 Å². The van der Waals surface area contributed by atoms with Crippen molar-refractivity contribution in [3.05, 3.63) is 0 Å². The highest BCUT2D eigenvalue weighted by molar-refractivity contribution is 7.99. The molecule has 0 aromatic rings. The molecule has 0 aliphatic carbocycles. The second kappa shape index (κ2) is 5.10.